The molecule has 4 rings (SSSR count). The molecule has 0 radical (unpaired) electrons. The molecule has 1 aliphatic heterocycles. The second-order valence-corrected chi connectivity index (χ2v) is 9.14. The summed E-state index contributed by atoms with van der Waals surface area (Å²) in [6.07, 6.45) is -0.237. The summed E-state index contributed by atoms with van der Waals surface area (Å²) >= 11 is 1.23. The lowest BCUT2D eigenvalue weighted by Crippen LogP contribution is -2.17. The van der Waals surface area contributed by atoms with Gasteiger partial charge in [-0.15, -0.1) is 11.3 Å². The summed E-state index contributed by atoms with van der Waals surface area (Å²) in [5, 5.41) is 4.75. The van der Waals surface area contributed by atoms with Gasteiger partial charge in [-0.3, -0.25) is 4.79 Å². The topological polar surface area (TPSA) is 94.6 Å². The van der Waals surface area contributed by atoms with Crippen molar-refractivity contribution in [2.75, 3.05) is 17.9 Å². The van der Waals surface area contributed by atoms with E-state index < -0.39 is 21.6 Å². The van der Waals surface area contributed by atoms with E-state index in [2.05, 4.69) is 10.3 Å². The van der Waals surface area contributed by atoms with Crippen molar-refractivity contribution in [3.05, 3.63) is 53.7 Å². The van der Waals surface area contributed by atoms with Crippen LogP contribution in [0.5, 0.6) is 11.5 Å². The van der Waals surface area contributed by atoms with E-state index in [1.807, 2.05) is 6.07 Å². The number of rotatable bonds is 6. The first-order valence-corrected chi connectivity index (χ1v) is 11.1. The van der Waals surface area contributed by atoms with Crippen LogP contribution in [0.3, 0.4) is 0 Å². The minimum absolute atomic E-state index is 0.0222. The number of carbonyl (C=O) groups is 1. The predicted molar refractivity (Wildman–Crippen MR) is 105 cm³/mol. The Morgan fingerprint density at radius 2 is 1.90 bits per heavy atom. The van der Waals surface area contributed by atoms with Gasteiger partial charge >= 0.3 is 0 Å². The van der Waals surface area contributed by atoms with Gasteiger partial charge in [0.1, 0.15) is 5.82 Å². The second kappa shape index (κ2) is 7.80. The third-order valence-electron chi connectivity index (χ3n) is 4.19. The van der Waals surface area contributed by atoms with Crippen molar-refractivity contribution in [2.24, 2.45) is 0 Å². The number of hydrogen-bond acceptors (Lipinski definition) is 7. The molecule has 1 aromatic heterocycles. The van der Waals surface area contributed by atoms with Gasteiger partial charge in [0.05, 0.1) is 16.3 Å². The normalized spacial score (nSPS) is 12.7. The number of aromatic nitrogens is 1. The van der Waals surface area contributed by atoms with E-state index in [9.17, 15) is 17.6 Å². The number of thiazole rings is 1. The van der Waals surface area contributed by atoms with Gasteiger partial charge in [-0.1, -0.05) is 0 Å². The number of anilines is 1. The van der Waals surface area contributed by atoms with Gasteiger partial charge in [0.15, 0.2) is 26.5 Å². The van der Waals surface area contributed by atoms with Crippen LogP contribution in [-0.4, -0.2) is 31.9 Å². The van der Waals surface area contributed by atoms with E-state index in [4.69, 9.17) is 9.47 Å². The summed E-state index contributed by atoms with van der Waals surface area (Å²) in [5.74, 6) is -0.0804. The van der Waals surface area contributed by atoms with Crippen LogP contribution in [0.2, 0.25) is 0 Å². The summed E-state index contributed by atoms with van der Waals surface area (Å²) in [6, 6.07) is 9.93. The van der Waals surface area contributed by atoms with Gasteiger partial charge in [0.2, 0.25) is 12.7 Å². The number of ether oxygens (including phenoxy) is 2. The molecule has 0 aliphatic carbocycles. The summed E-state index contributed by atoms with van der Waals surface area (Å²) in [7, 11) is -3.68. The van der Waals surface area contributed by atoms with Crippen molar-refractivity contribution in [3.8, 4) is 22.8 Å². The molecule has 1 N–H and O–H groups in total. The SMILES string of the molecule is O=C(CCS(=O)(=O)c1ccc(F)cc1)Nc1nc(-c2ccc3c(c2)OCO3)cs1. The van der Waals surface area contributed by atoms with Gasteiger partial charge in [0, 0.05) is 17.4 Å². The Kier molecular flexibility index (Phi) is 5.20. The molecule has 0 saturated carbocycles. The van der Waals surface area contributed by atoms with E-state index in [1.165, 1.54) is 23.5 Å². The lowest BCUT2D eigenvalue weighted by atomic mass is 10.1. The minimum atomic E-state index is -3.68. The first-order chi connectivity index (χ1) is 13.9. The fourth-order valence-corrected chi connectivity index (χ4v) is 4.66. The fraction of sp³-hybridized carbons (Fsp3) is 0.158. The molecule has 1 aliphatic rings. The highest BCUT2D eigenvalue weighted by Gasteiger charge is 2.18. The first kappa shape index (κ1) is 19.3. The van der Waals surface area contributed by atoms with Gasteiger partial charge in [0.25, 0.3) is 0 Å². The van der Waals surface area contributed by atoms with Crippen molar-refractivity contribution in [1.29, 1.82) is 0 Å². The molecule has 7 nitrogen and oxygen atoms in total. The molecule has 29 heavy (non-hydrogen) atoms. The Bertz CT molecular complexity index is 1160. The number of benzene rings is 2. The van der Waals surface area contributed by atoms with E-state index in [1.54, 1.807) is 17.5 Å². The number of fused-ring (bicyclic) bond motifs is 1. The number of halogens is 1. The first-order valence-electron chi connectivity index (χ1n) is 8.54. The van der Waals surface area contributed by atoms with Crippen molar-refractivity contribution >= 4 is 32.2 Å². The van der Waals surface area contributed by atoms with Crippen LogP contribution < -0.4 is 14.8 Å². The average molecular weight is 434 g/mol. The smallest absolute Gasteiger partial charge is 0.231 e. The molecule has 2 heterocycles. The minimum Gasteiger partial charge on any atom is -0.454 e. The van der Waals surface area contributed by atoms with Crippen LogP contribution in [0.4, 0.5) is 9.52 Å². The zero-order valence-electron chi connectivity index (χ0n) is 14.9. The molecule has 0 saturated heterocycles. The van der Waals surface area contributed by atoms with Crippen LogP contribution in [0, 0.1) is 5.82 Å². The van der Waals surface area contributed by atoms with E-state index >= 15 is 0 Å². The van der Waals surface area contributed by atoms with Crippen molar-refractivity contribution in [1.82, 2.24) is 4.98 Å². The van der Waals surface area contributed by atoms with Crippen molar-refractivity contribution < 1.29 is 27.1 Å². The van der Waals surface area contributed by atoms with E-state index in [0.29, 0.717) is 22.3 Å². The fourth-order valence-electron chi connectivity index (χ4n) is 2.69. The van der Waals surface area contributed by atoms with E-state index in [0.717, 1.165) is 17.7 Å². The number of sulfone groups is 1. The zero-order chi connectivity index (χ0) is 20.4. The molecule has 10 heteroatoms. The molecule has 0 unspecified atom stereocenters. The maximum atomic E-state index is 12.9. The Morgan fingerprint density at radius 1 is 1.14 bits per heavy atom. The molecule has 1 amide bonds. The summed E-state index contributed by atoms with van der Waals surface area (Å²) in [6.45, 7) is 0.179. The number of nitrogens with zero attached hydrogens (tertiary/aromatic N) is 1. The highest BCUT2D eigenvalue weighted by Crippen LogP contribution is 2.36. The molecule has 0 bridgehead atoms. The number of nitrogens with one attached hydrogen (secondary N) is 1. The van der Waals surface area contributed by atoms with Crippen molar-refractivity contribution in [2.45, 2.75) is 11.3 Å². The number of hydrogen-bond donors (Lipinski definition) is 1. The molecule has 0 spiro atoms. The Labute approximate surface area is 170 Å². The molecule has 0 atom stereocenters. The average Bonchev–Trinajstić information content (AvgIpc) is 3.35. The monoisotopic (exact) mass is 434 g/mol. The second-order valence-electron chi connectivity index (χ2n) is 6.18. The van der Waals surface area contributed by atoms with Crippen molar-refractivity contribution in [3.63, 3.8) is 0 Å². The highest BCUT2D eigenvalue weighted by molar-refractivity contribution is 7.91. The lowest BCUT2D eigenvalue weighted by molar-refractivity contribution is -0.115. The summed E-state index contributed by atoms with van der Waals surface area (Å²) in [5.41, 5.74) is 1.47. The standard InChI is InChI=1S/C19H15FN2O5S2/c20-13-2-4-14(5-3-13)29(24,25)8-7-18(23)22-19-21-15(10-28-19)12-1-6-16-17(9-12)27-11-26-16/h1-6,9-10H,7-8,11H2,(H,21,22,23). The summed E-state index contributed by atoms with van der Waals surface area (Å²) in [4.78, 5) is 16.5. The van der Waals surface area contributed by atoms with Gasteiger partial charge < -0.3 is 14.8 Å². The van der Waals surface area contributed by atoms with Gasteiger partial charge in [-0.25, -0.2) is 17.8 Å². The van der Waals surface area contributed by atoms with Crippen LogP contribution in [0.25, 0.3) is 11.3 Å². The maximum absolute atomic E-state index is 12.9. The Balaban J connectivity index is 1.37. The van der Waals surface area contributed by atoms with E-state index in [-0.39, 0.29) is 23.9 Å². The predicted octanol–water partition coefficient (Wildman–Crippen LogP) is 3.48. The lowest BCUT2D eigenvalue weighted by Gasteiger charge is -2.05. The van der Waals surface area contributed by atoms with Crippen LogP contribution in [-0.2, 0) is 14.6 Å². The van der Waals surface area contributed by atoms with Gasteiger partial charge in [-0.05, 0) is 42.5 Å². The number of carbonyl (C=O) groups excluding carboxylic acids is 1. The molecule has 0 fully saturated rings. The third kappa shape index (κ3) is 4.38. The van der Waals surface area contributed by atoms with Crippen LogP contribution in [0.15, 0.2) is 52.7 Å². The maximum Gasteiger partial charge on any atom is 0.231 e. The highest BCUT2D eigenvalue weighted by atomic mass is 32.2. The third-order valence-corrected chi connectivity index (χ3v) is 6.68. The molecule has 2 aromatic carbocycles. The van der Waals surface area contributed by atoms with Crippen LogP contribution in [0.1, 0.15) is 6.42 Å². The largest absolute Gasteiger partial charge is 0.454 e. The molecule has 3 aromatic rings. The Hall–Kier alpha value is -2.98. The molecule has 150 valence electrons. The van der Waals surface area contributed by atoms with Gasteiger partial charge in [-0.2, -0.15) is 0 Å². The number of amides is 1. The quantitative estimate of drug-likeness (QED) is 0.597. The Morgan fingerprint density at radius 3 is 2.69 bits per heavy atom. The molecular weight excluding hydrogens is 419 g/mol. The summed E-state index contributed by atoms with van der Waals surface area (Å²) < 4.78 is 48.1. The van der Waals surface area contributed by atoms with Crippen LogP contribution >= 0.6 is 11.3 Å². The zero-order valence-corrected chi connectivity index (χ0v) is 16.6. The molecular formula is C19H15FN2O5S2.